The molecule has 1 aromatic heterocycles. The number of fused-ring (bicyclic) bond motifs is 1. The van der Waals surface area contributed by atoms with Gasteiger partial charge in [-0.25, -0.2) is 4.79 Å². The van der Waals surface area contributed by atoms with E-state index < -0.39 is 29.5 Å². The SMILES string of the molecule is COC(=O)c1ccc(N2C(=O)C(O)=C(C(=O)c3cc4cc(Cl)ccc4o3)C2c2ccc(N(C)C)cc2)cc1. The zero-order chi connectivity index (χ0) is 27.1. The number of benzene rings is 3. The molecule has 38 heavy (non-hydrogen) atoms. The van der Waals surface area contributed by atoms with Gasteiger partial charge in [0.2, 0.25) is 5.78 Å². The standard InChI is InChI=1S/C29H23ClN2O6/c1-31(2)20-9-4-16(5-10-20)25-24(26(33)23-15-18-14-19(30)8-13-22(18)38-23)27(34)28(35)32(25)21-11-6-17(7-12-21)29(36)37-3/h4-15,25,34H,1-3H3. The van der Waals surface area contributed by atoms with Crippen LogP contribution in [0.1, 0.15) is 32.5 Å². The summed E-state index contributed by atoms with van der Waals surface area (Å²) in [4.78, 5) is 42.4. The minimum Gasteiger partial charge on any atom is -0.503 e. The molecule has 192 valence electrons. The van der Waals surface area contributed by atoms with Crippen molar-refractivity contribution >= 4 is 51.6 Å². The maximum atomic E-state index is 13.8. The highest BCUT2D eigenvalue weighted by molar-refractivity contribution is 6.31. The van der Waals surface area contributed by atoms with Crippen LogP contribution in [0.5, 0.6) is 0 Å². The summed E-state index contributed by atoms with van der Waals surface area (Å²) in [7, 11) is 5.08. The van der Waals surface area contributed by atoms with Gasteiger partial charge in [-0.3, -0.25) is 14.5 Å². The van der Waals surface area contributed by atoms with E-state index >= 15 is 0 Å². The van der Waals surface area contributed by atoms with Gasteiger partial charge in [-0.15, -0.1) is 0 Å². The summed E-state index contributed by atoms with van der Waals surface area (Å²) in [6.45, 7) is 0. The molecule has 2 heterocycles. The number of aliphatic hydroxyl groups is 1. The lowest BCUT2D eigenvalue weighted by atomic mass is 9.94. The second-order valence-corrected chi connectivity index (χ2v) is 9.42. The Bertz CT molecular complexity index is 1600. The molecule has 1 unspecified atom stereocenters. The molecular weight excluding hydrogens is 508 g/mol. The van der Waals surface area contributed by atoms with Crippen LogP contribution in [0.25, 0.3) is 11.0 Å². The molecule has 1 N–H and O–H groups in total. The Balaban J connectivity index is 1.62. The fourth-order valence-corrected chi connectivity index (χ4v) is 4.69. The number of rotatable bonds is 6. The largest absolute Gasteiger partial charge is 0.503 e. The minimum atomic E-state index is -0.952. The van der Waals surface area contributed by atoms with Crippen LogP contribution < -0.4 is 9.80 Å². The van der Waals surface area contributed by atoms with Crippen LogP contribution in [0.4, 0.5) is 11.4 Å². The zero-order valence-corrected chi connectivity index (χ0v) is 21.5. The Kier molecular flexibility index (Phi) is 6.42. The third kappa shape index (κ3) is 4.29. The molecule has 3 aromatic carbocycles. The first kappa shape index (κ1) is 25.1. The predicted molar refractivity (Wildman–Crippen MR) is 144 cm³/mol. The van der Waals surface area contributed by atoms with Gasteiger partial charge in [-0.1, -0.05) is 23.7 Å². The molecule has 0 saturated heterocycles. The molecule has 0 spiro atoms. The number of Topliss-reactive ketones (excluding diaryl/α,β-unsaturated/α-hetero) is 1. The number of methoxy groups -OCH3 is 1. The summed E-state index contributed by atoms with van der Waals surface area (Å²) in [6.07, 6.45) is 0. The predicted octanol–water partition coefficient (Wildman–Crippen LogP) is 5.72. The van der Waals surface area contributed by atoms with Crippen molar-refractivity contribution in [3.8, 4) is 0 Å². The summed E-state index contributed by atoms with van der Waals surface area (Å²) in [5.74, 6) is -2.61. The molecule has 0 fully saturated rings. The number of carbonyl (C=O) groups is 3. The summed E-state index contributed by atoms with van der Waals surface area (Å²) in [5.41, 5.74) is 2.54. The van der Waals surface area contributed by atoms with Gasteiger partial charge < -0.3 is 19.2 Å². The molecular formula is C29H23ClN2O6. The van der Waals surface area contributed by atoms with Crippen molar-refractivity contribution in [3.05, 3.63) is 106 Å². The number of furan rings is 1. The van der Waals surface area contributed by atoms with Crippen molar-refractivity contribution < 1.29 is 28.6 Å². The van der Waals surface area contributed by atoms with Gasteiger partial charge in [0.25, 0.3) is 5.91 Å². The third-order valence-corrected chi connectivity index (χ3v) is 6.68. The number of carbonyl (C=O) groups excluding carboxylic acids is 3. The number of ketones is 1. The minimum absolute atomic E-state index is 0.0329. The molecule has 1 atom stereocenters. The van der Waals surface area contributed by atoms with E-state index in [0.717, 1.165) is 5.69 Å². The molecule has 0 saturated carbocycles. The van der Waals surface area contributed by atoms with E-state index in [1.807, 2.05) is 31.1 Å². The van der Waals surface area contributed by atoms with Crippen molar-refractivity contribution in [3.63, 3.8) is 0 Å². The topological polar surface area (TPSA) is 100 Å². The monoisotopic (exact) mass is 530 g/mol. The van der Waals surface area contributed by atoms with Crippen molar-refractivity contribution in [2.75, 3.05) is 31.0 Å². The number of hydrogen-bond donors (Lipinski definition) is 1. The van der Waals surface area contributed by atoms with Crippen molar-refractivity contribution in [1.29, 1.82) is 0 Å². The molecule has 5 rings (SSSR count). The van der Waals surface area contributed by atoms with E-state index in [1.54, 1.807) is 42.5 Å². The summed E-state index contributed by atoms with van der Waals surface area (Å²) >= 11 is 6.08. The van der Waals surface area contributed by atoms with Gasteiger partial charge in [0.05, 0.1) is 24.3 Å². The van der Waals surface area contributed by atoms with Crippen molar-refractivity contribution in [1.82, 2.24) is 0 Å². The van der Waals surface area contributed by atoms with Crippen LogP contribution >= 0.6 is 11.6 Å². The average molecular weight is 531 g/mol. The van der Waals surface area contributed by atoms with Crippen LogP contribution in [0.3, 0.4) is 0 Å². The molecule has 8 nitrogen and oxygen atoms in total. The maximum Gasteiger partial charge on any atom is 0.337 e. The van der Waals surface area contributed by atoms with Crippen LogP contribution in [-0.4, -0.2) is 44.0 Å². The highest BCUT2D eigenvalue weighted by Crippen LogP contribution is 2.42. The number of hydrogen-bond acceptors (Lipinski definition) is 7. The lowest BCUT2D eigenvalue weighted by Gasteiger charge is -2.27. The summed E-state index contributed by atoms with van der Waals surface area (Å²) in [5, 5.41) is 12.1. The molecule has 0 radical (unpaired) electrons. The van der Waals surface area contributed by atoms with Gasteiger partial charge >= 0.3 is 5.97 Å². The van der Waals surface area contributed by atoms with Gasteiger partial charge in [0, 0.05) is 35.9 Å². The van der Waals surface area contributed by atoms with Crippen LogP contribution in [0.2, 0.25) is 5.02 Å². The highest BCUT2D eigenvalue weighted by atomic mass is 35.5. The number of aliphatic hydroxyl groups excluding tert-OH is 1. The Morgan fingerprint density at radius 1 is 1.00 bits per heavy atom. The second kappa shape index (κ2) is 9.72. The molecule has 4 aromatic rings. The van der Waals surface area contributed by atoms with E-state index in [1.165, 1.54) is 30.2 Å². The highest BCUT2D eigenvalue weighted by Gasteiger charge is 2.45. The maximum absolute atomic E-state index is 13.8. The zero-order valence-electron chi connectivity index (χ0n) is 20.8. The number of esters is 1. The lowest BCUT2D eigenvalue weighted by molar-refractivity contribution is -0.117. The Labute approximate surface area is 223 Å². The Hall–Kier alpha value is -4.56. The lowest BCUT2D eigenvalue weighted by Crippen LogP contribution is -2.31. The van der Waals surface area contributed by atoms with E-state index in [4.69, 9.17) is 20.8 Å². The number of halogens is 1. The Morgan fingerprint density at radius 3 is 2.32 bits per heavy atom. The number of nitrogens with zero attached hydrogens (tertiary/aromatic N) is 2. The molecule has 1 aliphatic heterocycles. The fraction of sp³-hybridized carbons (Fsp3) is 0.138. The van der Waals surface area contributed by atoms with Crippen LogP contribution in [0, 0.1) is 0 Å². The van der Waals surface area contributed by atoms with Gasteiger partial charge in [-0.05, 0) is 66.2 Å². The van der Waals surface area contributed by atoms with E-state index in [2.05, 4.69) is 0 Å². The number of amides is 1. The summed E-state index contributed by atoms with van der Waals surface area (Å²) in [6, 6.07) is 19.0. The van der Waals surface area contributed by atoms with E-state index in [9.17, 15) is 19.5 Å². The summed E-state index contributed by atoms with van der Waals surface area (Å²) < 4.78 is 10.5. The first-order valence-corrected chi connectivity index (χ1v) is 12.0. The first-order valence-electron chi connectivity index (χ1n) is 11.7. The smallest absolute Gasteiger partial charge is 0.337 e. The number of anilines is 2. The second-order valence-electron chi connectivity index (χ2n) is 8.99. The van der Waals surface area contributed by atoms with Gasteiger partial charge in [-0.2, -0.15) is 0 Å². The molecule has 0 aliphatic carbocycles. The first-order chi connectivity index (χ1) is 18.2. The molecule has 9 heteroatoms. The third-order valence-electron chi connectivity index (χ3n) is 6.45. The van der Waals surface area contributed by atoms with Gasteiger partial charge in [0.1, 0.15) is 5.58 Å². The molecule has 1 aliphatic rings. The number of ether oxygens (including phenoxy) is 1. The van der Waals surface area contributed by atoms with E-state index in [0.29, 0.717) is 32.8 Å². The quantitative estimate of drug-likeness (QED) is 0.251. The fourth-order valence-electron chi connectivity index (χ4n) is 4.51. The van der Waals surface area contributed by atoms with Gasteiger partial charge in [0.15, 0.2) is 11.5 Å². The van der Waals surface area contributed by atoms with E-state index in [-0.39, 0.29) is 11.3 Å². The average Bonchev–Trinajstić information content (AvgIpc) is 3.46. The van der Waals surface area contributed by atoms with Crippen molar-refractivity contribution in [2.24, 2.45) is 0 Å². The Morgan fingerprint density at radius 2 is 1.68 bits per heavy atom. The molecule has 1 amide bonds. The van der Waals surface area contributed by atoms with Crippen LogP contribution in [0.15, 0.2) is 88.5 Å². The normalized spacial score (nSPS) is 15.3. The van der Waals surface area contributed by atoms with Crippen LogP contribution in [-0.2, 0) is 9.53 Å². The molecule has 0 bridgehead atoms. The van der Waals surface area contributed by atoms with Crippen molar-refractivity contribution in [2.45, 2.75) is 6.04 Å².